The maximum Gasteiger partial charge on any atom is 0.152 e. The van der Waals surface area contributed by atoms with Gasteiger partial charge in [-0.2, -0.15) is 0 Å². The summed E-state index contributed by atoms with van der Waals surface area (Å²) in [6.07, 6.45) is 0. The Bertz CT molecular complexity index is 752. The van der Waals surface area contributed by atoms with Gasteiger partial charge in [0, 0.05) is 11.1 Å². The summed E-state index contributed by atoms with van der Waals surface area (Å²) in [6, 6.07) is 29.4. The molecule has 0 bridgehead atoms. The zero-order valence-corrected chi connectivity index (χ0v) is 14.8. The van der Waals surface area contributed by atoms with Crippen LogP contribution >= 0.6 is 7.26 Å². The highest BCUT2D eigenvalue weighted by Crippen LogP contribution is 2.62. The van der Waals surface area contributed by atoms with E-state index in [1.54, 1.807) is 0 Å². The maximum absolute atomic E-state index is 12.0. The molecular formula is C20H17O2PS. The number of benzene rings is 3. The Morgan fingerprint density at radius 3 is 1.25 bits per heavy atom. The van der Waals surface area contributed by atoms with Crippen LogP contribution in [0.3, 0.4) is 0 Å². The second-order valence-electron chi connectivity index (χ2n) is 5.31. The van der Waals surface area contributed by atoms with Gasteiger partial charge in [0.25, 0.3) is 0 Å². The summed E-state index contributed by atoms with van der Waals surface area (Å²) in [5, 5.41) is 2.95. The third kappa shape index (κ3) is 2.87. The molecule has 3 aromatic carbocycles. The topological polar surface area (TPSA) is 40.1 Å². The zero-order chi connectivity index (χ0) is 17.0. The van der Waals surface area contributed by atoms with Gasteiger partial charge in [-0.05, 0) is 43.0 Å². The SMILES string of the molecule is C=C(S(=O)[O-])[P+](c1ccccc1)(c1ccccc1)c1ccccc1. The summed E-state index contributed by atoms with van der Waals surface area (Å²) >= 11 is -2.38. The van der Waals surface area contributed by atoms with Crippen molar-refractivity contribution in [3.63, 3.8) is 0 Å². The molecule has 1 unspecified atom stereocenters. The number of hydrogen-bond acceptors (Lipinski definition) is 2. The lowest BCUT2D eigenvalue weighted by molar-refractivity contribution is 0.545. The van der Waals surface area contributed by atoms with Crippen molar-refractivity contribution >= 4 is 34.3 Å². The largest absolute Gasteiger partial charge is 0.766 e. The Kier molecular flexibility index (Phi) is 5.06. The van der Waals surface area contributed by atoms with Crippen molar-refractivity contribution in [1.82, 2.24) is 0 Å². The van der Waals surface area contributed by atoms with Gasteiger partial charge < -0.3 is 4.55 Å². The van der Waals surface area contributed by atoms with Crippen molar-refractivity contribution in [1.29, 1.82) is 0 Å². The van der Waals surface area contributed by atoms with Gasteiger partial charge in [0.2, 0.25) is 0 Å². The van der Waals surface area contributed by atoms with Crippen LogP contribution in [0.15, 0.2) is 102 Å². The predicted octanol–water partition coefficient (Wildman–Crippen LogP) is 3.33. The van der Waals surface area contributed by atoms with E-state index in [-0.39, 0.29) is 4.65 Å². The molecule has 0 radical (unpaired) electrons. The van der Waals surface area contributed by atoms with Crippen molar-refractivity contribution in [3.8, 4) is 0 Å². The molecule has 120 valence electrons. The molecule has 0 aromatic heterocycles. The molecule has 0 spiro atoms. The van der Waals surface area contributed by atoms with Crippen molar-refractivity contribution < 1.29 is 8.76 Å². The Balaban J connectivity index is 2.42. The van der Waals surface area contributed by atoms with E-state index in [2.05, 4.69) is 6.58 Å². The summed E-state index contributed by atoms with van der Waals surface area (Å²) in [5.41, 5.74) is 0. The molecule has 0 saturated carbocycles. The van der Waals surface area contributed by atoms with Crippen molar-refractivity contribution in [2.45, 2.75) is 0 Å². The van der Waals surface area contributed by atoms with Crippen LogP contribution in [0.2, 0.25) is 0 Å². The van der Waals surface area contributed by atoms with E-state index in [4.69, 9.17) is 0 Å². The maximum atomic E-state index is 12.0. The van der Waals surface area contributed by atoms with Gasteiger partial charge in [0.05, 0.1) is 0 Å². The average Bonchev–Trinajstić information content (AvgIpc) is 2.65. The van der Waals surface area contributed by atoms with Crippen LogP contribution in [-0.4, -0.2) is 8.76 Å². The first-order valence-corrected chi connectivity index (χ1v) is 10.4. The first-order valence-electron chi connectivity index (χ1n) is 7.52. The number of rotatable bonds is 5. The Morgan fingerprint density at radius 1 is 0.708 bits per heavy atom. The fraction of sp³-hybridized carbons (Fsp3) is 0. The highest BCUT2D eigenvalue weighted by Gasteiger charge is 2.49. The smallest absolute Gasteiger partial charge is 0.152 e. The molecule has 24 heavy (non-hydrogen) atoms. The van der Waals surface area contributed by atoms with Crippen LogP contribution in [0.4, 0.5) is 0 Å². The summed E-state index contributed by atoms with van der Waals surface area (Å²) < 4.78 is 24.2. The fourth-order valence-electron chi connectivity index (χ4n) is 2.95. The highest BCUT2D eigenvalue weighted by atomic mass is 32.2. The van der Waals surface area contributed by atoms with E-state index in [0.717, 1.165) is 15.9 Å². The molecular weight excluding hydrogens is 335 g/mol. The third-order valence-corrected chi connectivity index (χ3v) is 9.62. The molecule has 0 fully saturated rings. The van der Waals surface area contributed by atoms with Crippen LogP contribution in [-0.2, 0) is 11.1 Å². The van der Waals surface area contributed by atoms with Crippen LogP contribution < -0.4 is 15.9 Å². The average molecular weight is 352 g/mol. The summed E-state index contributed by atoms with van der Waals surface area (Å²) in [6.45, 7) is 3.99. The zero-order valence-electron chi connectivity index (χ0n) is 13.0. The fourth-order valence-corrected chi connectivity index (χ4v) is 8.41. The first kappa shape index (κ1) is 16.8. The minimum absolute atomic E-state index is 0.242. The first-order chi connectivity index (χ1) is 11.7. The predicted molar refractivity (Wildman–Crippen MR) is 103 cm³/mol. The second kappa shape index (κ2) is 7.23. The van der Waals surface area contributed by atoms with Crippen molar-refractivity contribution in [3.05, 3.63) is 102 Å². The molecule has 0 N–H and O–H groups in total. The van der Waals surface area contributed by atoms with E-state index in [9.17, 15) is 8.76 Å². The van der Waals surface area contributed by atoms with E-state index < -0.39 is 18.3 Å². The van der Waals surface area contributed by atoms with Crippen LogP contribution in [0.1, 0.15) is 0 Å². The molecule has 0 aliphatic carbocycles. The van der Waals surface area contributed by atoms with Crippen LogP contribution in [0, 0.1) is 0 Å². The monoisotopic (exact) mass is 352 g/mol. The molecule has 3 aromatic rings. The lowest BCUT2D eigenvalue weighted by Gasteiger charge is -2.29. The molecule has 0 saturated heterocycles. The van der Waals surface area contributed by atoms with Gasteiger partial charge in [-0.3, -0.25) is 4.21 Å². The van der Waals surface area contributed by atoms with Crippen molar-refractivity contribution in [2.24, 2.45) is 0 Å². The van der Waals surface area contributed by atoms with Crippen molar-refractivity contribution in [2.75, 3.05) is 0 Å². The Hall–Kier alpha value is -2.06. The van der Waals surface area contributed by atoms with Crippen LogP contribution in [0.25, 0.3) is 0 Å². The minimum Gasteiger partial charge on any atom is -0.766 e. The molecule has 1 atom stereocenters. The van der Waals surface area contributed by atoms with Gasteiger partial charge in [0.1, 0.15) is 15.9 Å². The summed E-state index contributed by atoms with van der Waals surface area (Å²) in [4.78, 5) is 0. The molecule has 0 aliphatic rings. The number of hydrogen-bond donors (Lipinski definition) is 0. The summed E-state index contributed by atoms with van der Waals surface area (Å²) in [7, 11) is -2.51. The van der Waals surface area contributed by atoms with E-state index in [1.165, 1.54) is 0 Å². The third-order valence-electron chi connectivity index (χ3n) is 4.00. The molecule has 0 amide bonds. The normalized spacial score (nSPS) is 12.5. The lowest BCUT2D eigenvalue weighted by atomic mass is 10.4. The molecule has 0 heterocycles. The molecule has 4 heteroatoms. The lowest BCUT2D eigenvalue weighted by Crippen LogP contribution is -2.33. The summed E-state index contributed by atoms with van der Waals surface area (Å²) in [5.74, 6) is 0. The Morgan fingerprint density at radius 2 is 1.00 bits per heavy atom. The van der Waals surface area contributed by atoms with Gasteiger partial charge in [-0.1, -0.05) is 54.6 Å². The van der Waals surface area contributed by atoms with E-state index in [0.29, 0.717) is 0 Å². The highest BCUT2D eigenvalue weighted by molar-refractivity contribution is 8.10. The van der Waals surface area contributed by atoms with Crippen LogP contribution in [0.5, 0.6) is 0 Å². The van der Waals surface area contributed by atoms with Gasteiger partial charge in [-0.25, -0.2) is 0 Å². The van der Waals surface area contributed by atoms with Gasteiger partial charge in [0.15, 0.2) is 11.9 Å². The van der Waals surface area contributed by atoms with E-state index in [1.807, 2.05) is 91.0 Å². The molecule has 3 rings (SSSR count). The van der Waals surface area contributed by atoms with Gasteiger partial charge >= 0.3 is 0 Å². The second-order valence-corrected chi connectivity index (χ2v) is 10.0. The van der Waals surface area contributed by atoms with Gasteiger partial charge in [-0.15, -0.1) is 0 Å². The molecule has 2 nitrogen and oxygen atoms in total. The quantitative estimate of drug-likeness (QED) is 0.522. The Labute approximate surface area is 145 Å². The minimum atomic E-state index is -2.51. The standard InChI is InChI=1S/C20H17O2PS/c1-17(24(21)22)23(18-11-5-2-6-12-18,19-13-7-3-8-14-19)20-15-9-4-10-16-20/h2-16H,1H2. The molecule has 0 aliphatic heterocycles. The van der Waals surface area contributed by atoms with E-state index >= 15 is 0 Å².